The second-order valence-electron chi connectivity index (χ2n) is 5.94. The van der Waals surface area contributed by atoms with Crippen molar-refractivity contribution in [2.75, 3.05) is 0 Å². The van der Waals surface area contributed by atoms with Gasteiger partial charge in [0.2, 0.25) is 0 Å². The Kier molecular flexibility index (Phi) is 3.77. The summed E-state index contributed by atoms with van der Waals surface area (Å²) in [6.45, 7) is 0. The number of halogens is 2. The maximum Gasteiger partial charge on any atom is 0.163 e. The Morgan fingerprint density at radius 2 is 1.57 bits per heavy atom. The van der Waals surface area contributed by atoms with Crippen molar-refractivity contribution in [3.8, 4) is 0 Å². The van der Waals surface area contributed by atoms with E-state index in [1.165, 1.54) is 11.6 Å². The predicted octanol–water partition coefficient (Wildman–Crippen LogP) is 4.48. The van der Waals surface area contributed by atoms with Gasteiger partial charge < -0.3 is 5.73 Å². The molecule has 0 unspecified atom stereocenters. The molecule has 0 atom stereocenters. The van der Waals surface area contributed by atoms with Gasteiger partial charge in [0.05, 0.1) is 0 Å². The van der Waals surface area contributed by atoms with Crippen LogP contribution in [0.3, 0.4) is 0 Å². The van der Waals surface area contributed by atoms with Crippen molar-refractivity contribution in [2.45, 2.75) is 37.1 Å². The molecule has 1 nitrogen and oxygen atoms in total. The third kappa shape index (κ3) is 2.70. The lowest BCUT2D eigenvalue weighted by molar-refractivity contribution is 0.266. The molecule has 1 aliphatic rings. The summed E-state index contributed by atoms with van der Waals surface area (Å²) >= 11 is 0. The molecule has 21 heavy (non-hydrogen) atoms. The highest BCUT2D eigenvalue weighted by atomic mass is 19.2. The van der Waals surface area contributed by atoms with E-state index in [0.29, 0.717) is 24.3 Å². The first-order valence-electron chi connectivity index (χ1n) is 7.38. The molecular weight excluding hydrogens is 268 g/mol. The van der Waals surface area contributed by atoms with E-state index >= 15 is 0 Å². The van der Waals surface area contributed by atoms with Gasteiger partial charge in [0.1, 0.15) is 0 Å². The molecule has 0 aliphatic heterocycles. The van der Waals surface area contributed by atoms with Crippen LogP contribution in [0.1, 0.15) is 42.7 Å². The summed E-state index contributed by atoms with van der Waals surface area (Å²) in [5.41, 5.74) is 7.25. The molecule has 0 heterocycles. The molecule has 1 aliphatic carbocycles. The highest BCUT2D eigenvalue weighted by molar-refractivity contribution is 5.29. The summed E-state index contributed by atoms with van der Waals surface area (Å²) in [4.78, 5) is 0. The maximum atomic E-state index is 14.0. The molecule has 2 aromatic carbocycles. The van der Waals surface area contributed by atoms with E-state index in [1.54, 1.807) is 6.07 Å². The lowest BCUT2D eigenvalue weighted by Crippen LogP contribution is -2.41. The Bertz CT molecular complexity index is 616. The van der Waals surface area contributed by atoms with Gasteiger partial charge >= 0.3 is 0 Å². The fourth-order valence-corrected chi connectivity index (χ4v) is 3.35. The average molecular weight is 287 g/mol. The molecule has 0 amide bonds. The van der Waals surface area contributed by atoms with Crippen LogP contribution in [0.25, 0.3) is 0 Å². The standard InChI is InChI=1S/C18H19F2N/c19-16-8-4-7-15(17(16)20)18(21)11-9-14(10-12-18)13-5-2-1-3-6-13/h1-8,14H,9-12,21H2. The molecule has 3 rings (SSSR count). The molecule has 0 bridgehead atoms. The van der Waals surface area contributed by atoms with E-state index in [-0.39, 0.29) is 0 Å². The first-order chi connectivity index (χ1) is 10.1. The molecular formula is C18H19F2N. The van der Waals surface area contributed by atoms with Gasteiger partial charge in [-0.25, -0.2) is 8.78 Å². The molecule has 2 aromatic rings. The van der Waals surface area contributed by atoms with Gasteiger partial charge in [-0.3, -0.25) is 0 Å². The monoisotopic (exact) mass is 287 g/mol. The van der Waals surface area contributed by atoms with Crippen molar-refractivity contribution < 1.29 is 8.78 Å². The third-order valence-electron chi connectivity index (χ3n) is 4.64. The smallest absolute Gasteiger partial charge is 0.163 e. The zero-order chi connectivity index (χ0) is 14.9. The Labute approximate surface area is 123 Å². The van der Waals surface area contributed by atoms with Gasteiger partial charge in [-0.2, -0.15) is 0 Å². The minimum atomic E-state index is -0.817. The van der Waals surface area contributed by atoms with E-state index in [1.807, 2.05) is 18.2 Å². The Morgan fingerprint density at radius 3 is 2.24 bits per heavy atom. The minimum absolute atomic E-state index is 0.314. The lowest BCUT2D eigenvalue weighted by atomic mass is 9.71. The highest BCUT2D eigenvalue weighted by Crippen LogP contribution is 2.42. The van der Waals surface area contributed by atoms with E-state index < -0.39 is 17.2 Å². The summed E-state index contributed by atoms with van der Waals surface area (Å²) < 4.78 is 27.4. The van der Waals surface area contributed by atoms with Gasteiger partial charge in [0.25, 0.3) is 0 Å². The number of rotatable bonds is 2. The first-order valence-corrected chi connectivity index (χ1v) is 7.38. The SMILES string of the molecule is NC1(c2cccc(F)c2F)CCC(c2ccccc2)CC1. The van der Waals surface area contributed by atoms with E-state index in [0.717, 1.165) is 18.9 Å². The van der Waals surface area contributed by atoms with E-state index in [4.69, 9.17) is 5.73 Å². The largest absolute Gasteiger partial charge is 0.321 e. The fourth-order valence-electron chi connectivity index (χ4n) is 3.35. The Morgan fingerprint density at radius 1 is 0.905 bits per heavy atom. The zero-order valence-corrected chi connectivity index (χ0v) is 11.9. The van der Waals surface area contributed by atoms with Gasteiger partial charge in [-0.15, -0.1) is 0 Å². The Balaban J connectivity index is 1.79. The lowest BCUT2D eigenvalue weighted by Gasteiger charge is -2.38. The summed E-state index contributed by atoms with van der Waals surface area (Å²) in [6, 6.07) is 14.6. The van der Waals surface area contributed by atoms with Crippen LogP contribution >= 0.6 is 0 Å². The average Bonchev–Trinajstić information content (AvgIpc) is 2.51. The maximum absolute atomic E-state index is 14.0. The van der Waals surface area contributed by atoms with E-state index in [2.05, 4.69) is 12.1 Å². The molecule has 0 aromatic heterocycles. The van der Waals surface area contributed by atoms with Crippen LogP contribution in [0.15, 0.2) is 48.5 Å². The summed E-state index contributed by atoms with van der Waals surface area (Å²) in [6.07, 6.45) is 3.15. The van der Waals surface area contributed by atoms with Crippen LogP contribution in [-0.2, 0) is 5.54 Å². The van der Waals surface area contributed by atoms with Crippen LogP contribution < -0.4 is 5.73 Å². The number of nitrogens with two attached hydrogens (primary N) is 1. The van der Waals surface area contributed by atoms with Gasteiger partial charge in [0, 0.05) is 11.1 Å². The van der Waals surface area contributed by atoms with Crippen molar-refractivity contribution in [2.24, 2.45) is 5.73 Å². The van der Waals surface area contributed by atoms with Crippen LogP contribution in [0, 0.1) is 11.6 Å². The quantitative estimate of drug-likeness (QED) is 0.866. The molecule has 0 saturated heterocycles. The highest BCUT2D eigenvalue weighted by Gasteiger charge is 2.36. The van der Waals surface area contributed by atoms with Crippen LogP contribution in [0.2, 0.25) is 0 Å². The second-order valence-corrected chi connectivity index (χ2v) is 5.94. The van der Waals surface area contributed by atoms with E-state index in [9.17, 15) is 8.78 Å². The molecule has 0 spiro atoms. The summed E-state index contributed by atoms with van der Waals surface area (Å²) in [5, 5.41) is 0. The third-order valence-corrected chi connectivity index (χ3v) is 4.64. The molecule has 2 N–H and O–H groups in total. The minimum Gasteiger partial charge on any atom is -0.321 e. The van der Waals surface area contributed by atoms with Crippen molar-refractivity contribution in [1.82, 2.24) is 0 Å². The summed E-state index contributed by atoms with van der Waals surface area (Å²) in [5.74, 6) is -1.15. The van der Waals surface area contributed by atoms with Gasteiger partial charge in [0.15, 0.2) is 11.6 Å². The second kappa shape index (κ2) is 5.57. The molecule has 1 fully saturated rings. The topological polar surface area (TPSA) is 26.0 Å². The fraction of sp³-hybridized carbons (Fsp3) is 0.333. The van der Waals surface area contributed by atoms with Crippen LogP contribution in [0.5, 0.6) is 0 Å². The zero-order valence-electron chi connectivity index (χ0n) is 11.9. The number of benzene rings is 2. The van der Waals surface area contributed by atoms with Gasteiger partial charge in [-0.05, 0) is 43.2 Å². The Hall–Kier alpha value is -1.74. The molecule has 1 saturated carbocycles. The molecule has 3 heteroatoms. The predicted molar refractivity (Wildman–Crippen MR) is 79.9 cm³/mol. The van der Waals surface area contributed by atoms with Crippen molar-refractivity contribution in [3.63, 3.8) is 0 Å². The van der Waals surface area contributed by atoms with Crippen LogP contribution in [-0.4, -0.2) is 0 Å². The van der Waals surface area contributed by atoms with Crippen molar-refractivity contribution in [1.29, 1.82) is 0 Å². The van der Waals surface area contributed by atoms with Crippen molar-refractivity contribution in [3.05, 3.63) is 71.3 Å². The molecule has 0 radical (unpaired) electrons. The van der Waals surface area contributed by atoms with Gasteiger partial charge in [-0.1, -0.05) is 42.5 Å². The first kappa shape index (κ1) is 14.2. The molecule has 110 valence electrons. The summed E-state index contributed by atoms with van der Waals surface area (Å²) in [7, 11) is 0. The van der Waals surface area contributed by atoms with Crippen molar-refractivity contribution >= 4 is 0 Å². The number of hydrogen-bond donors (Lipinski definition) is 1. The number of hydrogen-bond acceptors (Lipinski definition) is 1. The normalized spacial score (nSPS) is 25.8. The van der Waals surface area contributed by atoms with Crippen LogP contribution in [0.4, 0.5) is 8.78 Å².